The van der Waals surface area contributed by atoms with Gasteiger partial charge in [0.2, 0.25) is 0 Å². The molecule has 3 rings (SSSR count). The van der Waals surface area contributed by atoms with E-state index in [0.717, 1.165) is 22.8 Å². The maximum atomic E-state index is 12.4. The average Bonchev–Trinajstić information content (AvgIpc) is 2.69. The van der Waals surface area contributed by atoms with Crippen LogP contribution in [-0.4, -0.2) is 13.0 Å². The third-order valence-corrected chi connectivity index (χ3v) is 5.12. The van der Waals surface area contributed by atoms with Crippen LogP contribution in [0.4, 0.5) is 5.69 Å². The lowest BCUT2D eigenvalue weighted by atomic mass is 10.1. The SMILES string of the molecule is COc1ccc(C(=O)Nc2ccc(CSc3ccccc3)cc2C)cc1. The van der Waals surface area contributed by atoms with Crippen molar-refractivity contribution < 1.29 is 9.53 Å². The van der Waals surface area contributed by atoms with Crippen LogP contribution in [0.15, 0.2) is 77.7 Å². The lowest BCUT2D eigenvalue weighted by Crippen LogP contribution is -2.12. The number of nitrogens with one attached hydrogen (secondary N) is 1. The lowest BCUT2D eigenvalue weighted by Gasteiger charge is -2.11. The van der Waals surface area contributed by atoms with Gasteiger partial charge in [-0.15, -0.1) is 11.8 Å². The Morgan fingerprint density at radius 2 is 1.73 bits per heavy atom. The van der Waals surface area contributed by atoms with Crippen molar-refractivity contribution in [2.24, 2.45) is 0 Å². The van der Waals surface area contributed by atoms with Crippen molar-refractivity contribution in [2.45, 2.75) is 17.6 Å². The van der Waals surface area contributed by atoms with Gasteiger partial charge in [0.15, 0.2) is 0 Å². The molecule has 0 unspecified atom stereocenters. The van der Waals surface area contributed by atoms with Gasteiger partial charge < -0.3 is 10.1 Å². The van der Waals surface area contributed by atoms with Crippen LogP contribution in [0.25, 0.3) is 0 Å². The number of methoxy groups -OCH3 is 1. The number of thioether (sulfide) groups is 1. The zero-order valence-electron chi connectivity index (χ0n) is 14.9. The van der Waals surface area contributed by atoms with Gasteiger partial charge >= 0.3 is 0 Å². The number of hydrogen-bond donors (Lipinski definition) is 1. The first-order valence-electron chi connectivity index (χ1n) is 8.38. The van der Waals surface area contributed by atoms with E-state index in [2.05, 4.69) is 29.6 Å². The topological polar surface area (TPSA) is 38.3 Å². The second-order valence-corrected chi connectivity index (χ2v) is 6.98. The van der Waals surface area contributed by atoms with E-state index in [1.54, 1.807) is 43.1 Å². The minimum Gasteiger partial charge on any atom is -0.497 e. The van der Waals surface area contributed by atoms with Crippen LogP contribution < -0.4 is 10.1 Å². The van der Waals surface area contributed by atoms with Crippen LogP contribution >= 0.6 is 11.8 Å². The summed E-state index contributed by atoms with van der Waals surface area (Å²) >= 11 is 1.80. The van der Waals surface area contributed by atoms with Crippen molar-refractivity contribution in [3.8, 4) is 5.75 Å². The fourth-order valence-electron chi connectivity index (χ4n) is 2.58. The zero-order chi connectivity index (χ0) is 18.4. The molecule has 0 bridgehead atoms. The van der Waals surface area contributed by atoms with Crippen molar-refractivity contribution in [1.29, 1.82) is 0 Å². The molecule has 132 valence electrons. The van der Waals surface area contributed by atoms with E-state index in [0.29, 0.717) is 5.56 Å². The number of benzene rings is 3. The normalized spacial score (nSPS) is 10.4. The Bertz CT molecular complexity index is 876. The van der Waals surface area contributed by atoms with Crippen molar-refractivity contribution in [1.82, 2.24) is 0 Å². The van der Waals surface area contributed by atoms with Crippen molar-refractivity contribution in [3.63, 3.8) is 0 Å². The van der Waals surface area contributed by atoms with Crippen LogP contribution in [0.3, 0.4) is 0 Å². The monoisotopic (exact) mass is 363 g/mol. The molecular formula is C22H21NO2S. The molecule has 3 aromatic rings. The molecular weight excluding hydrogens is 342 g/mol. The van der Waals surface area contributed by atoms with Crippen LogP contribution in [0.2, 0.25) is 0 Å². The highest BCUT2D eigenvalue weighted by atomic mass is 32.2. The summed E-state index contributed by atoms with van der Waals surface area (Å²) in [5, 5.41) is 2.98. The summed E-state index contributed by atoms with van der Waals surface area (Å²) in [7, 11) is 1.61. The van der Waals surface area contributed by atoms with Gasteiger partial charge in [-0.1, -0.05) is 30.3 Å². The summed E-state index contributed by atoms with van der Waals surface area (Å²) in [6, 6.07) is 23.6. The molecule has 0 atom stereocenters. The number of hydrogen-bond acceptors (Lipinski definition) is 3. The fourth-order valence-corrected chi connectivity index (χ4v) is 3.44. The lowest BCUT2D eigenvalue weighted by molar-refractivity contribution is 0.102. The highest BCUT2D eigenvalue weighted by molar-refractivity contribution is 7.98. The van der Waals surface area contributed by atoms with E-state index in [1.807, 2.05) is 31.2 Å². The van der Waals surface area contributed by atoms with Gasteiger partial charge in [-0.25, -0.2) is 0 Å². The second kappa shape index (κ2) is 8.59. The van der Waals surface area contributed by atoms with E-state index in [4.69, 9.17) is 4.74 Å². The molecule has 26 heavy (non-hydrogen) atoms. The second-order valence-electron chi connectivity index (χ2n) is 5.93. The summed E-state index contributed by atoms with van der Waals surface area (Å²) in [6.07, 6.45) is 0. The number of rotatable bonds is 6. The highest BCUT2D eigenvalue weighted by Crippen LogP contribution is 2.25. The van der Waals surface area contributed by atoms with Gasteiger partial charge in [-0.2, -0.15) is 0 Å². The standard InChI is InChI=1S/C22H21NO2S/c1-16-14-17(15-26-20-6-4-3-5-7-20)8-13-21(16)23-22(24)18-9-11-19(25-2)12-10-18/h3-14H,15H2,1-2H3,(H,23,24). The Morgan fingerprint density at radius 1 is 1.00 bits per heavy atom. The Labute approximate surface area is 158 Å². The van der Waals surface area contributed by atoms with Crippen LogP contribution in [-0.2, 0) is 5.75 Å². The van der Waals surface area contributed by atoms with Crippen LogP contribution in [0.1, 0.15) is 21.5 Å². The fraction of sp³-hybridized carbons (Fsp3) is 0.136. The zero-order valence-corrected chi connectivity index (χ0v) is 15.7. The van der Waals surface area contributed by atoms with Crippen molar-refractivity contribution >= 4 is 23.4 Å². The summed E-state index contributed by atoms with van der Waals surface area (Å²) in [6.45, 7) is 2.01. The first-order chi connectivity index (χ1) is 12.7. The summed E-state index contributed by atoms with van der Waals surface area (Å²) in [5.74, 6) is 1.51. The van der Waals surface area contributed by atoms with Crippen LogP contribution in [0.5, 0.6) is 5.75 Å². The van der Waals surface area contributed by atoms with Gasteiger partial charge in [-0.3, -0.25) is 4.79 Å². The van der Waals surface area contributed by atoms with Gasteiger partial charge in [0.05, 0.1) is 7.11 Å². The van der Waals surface area contributed by atoms with E-state index in [9.17, 15) is 4.79 Å². The molecule has 1 N–H and O–H groups in total. The number of amides is 1. The summed E-state index contributed by atoms with van der Waals surface area (Å²) < 4.78 is 5.12. The molecule has 1 amide bonds. The summed E-state index contributed by atoms with van der Waals surface area (Å²) in [4.78, 5) is 13.7. The highest BCUT2D eigenvalue weighted by Gasteiger charge is 2.08. The molecule has 0 saturated heterocycles. The van der Waals surface area contributed by atoms with Gasteiger partial charge in [0.1, 0.15) is 5.75 Å². The van der Waals surface area contributed by atoms with Gasteiger partial charge in [-0.05, 0) is 60.5 Å². The molecule has 0 saturated carbocycles. The molecule has 0 aliphatic carbocycles. The molecule has 0 aliphatic rings. The largest absolute Gasteiger partial charge is 0.497 e. The molecule has 3 nitrogen and oxygen atoms in total. The number of aryl methyl sites for hydroxylation is 1. The van der Waals surface area contributed by atoms with E-state index in [1.165, 1.54) is 10.5 Å². The number of carbonyl (C=O) groups excluding carboxylic acids is 1. The quantitative estimate of drug-likeness (QED) is 0.584. The molecule has 4 heteroatoms. The molecule has 0 fully saturated rings. The number of carbonyl (C=O) groups is 1. The van der Waals surface area contributed by atoms with Gasteiger partial charge in [0.25, 0.3) is 5.91 Å². The molecule has 0 radical (unpaired) electrons. The predicted octanol–water partition coefficient (Wildman–Crippen LogP) is 5.55. The Balaban J connectivity index is 1.64. The van der Waals surface area contributed by atoms with E-state index >= 15 is 0 Å². The van der Waals surface area contributed by atoms with Crippen molar-refractivity contribution in [2.75, 3.05) is 12.4 Å². The maximum absolute atomic E-state index is 12.4. The maximum Gasteiger partial charge on any atom is 0.255 e. The molecule has 0 aliphatic heterocycles. The Morgan fingerprint density at radius 3 is 2.38 bits per heavy atom. The van der Waals surface area contributed by atoms with Gasteiger partial charge in [0, 0.05) is 21.9 Å². The summed E-state index contributed by atoms with van der Waals surface area (Å²) in [5.41, 5.74) is 3.73. The molecule has 0 heterocycles. The Hall–Kier alpha value is -2.72. The Kier molecular flexibility index (Phi) is 5.97. The average molecular weight is 363 g/mol. The molecule has 0 spiro atoms. The molecule has 0 aromatic heterocycles. The third kappa shape index (κ3) is 4.67. The van der Waals surface area contributed by atoms with Crippen LogP contribution in [0, 0.1) is 6.92 Å². The third-order valence-electron chi connectivity index (χ3n) is 4.04. The van der Waals surface area contributed by atoms with Crippen molar-refractivity contribution in [3.05, 3.63) is 89.5 Å². The van der Waals surface area contributed by atoms with E-state index < -0.39 is 0 Å². The predicted molar refractivity (Wildman–Crippen MR) is 108 cm³/mol. The number of anilines is 1. The first-order valence-corrected chi connectivity index (χ1v) is 9.37. The van der Waals surface area contributed by atoms with E-state index in [-0.39, 0.29) is 5.91 Å². The minimum atomic E-state index is -0.123. The smallest absolute Gasteiger partial charge is 0.255 e. The number of ether oxygens (including phenoxy) is 1. The molecule has 3 aromatic carbocycles. The minimum absolute atomic E-state index is 0.123. The first kappa shape index (κ1) is 18.1.